The first kappa shape index (κ1) is 22.6. The molecule has 13 heteroatoms. The molecule has 0 aliphatic heterocycles. The minimum atomic E-state index is -3.70. The number of hydrogen-bond acceptors (Lipinski definition) is 9. The van der Waals surface area contributed by atoms with Crippen LogP contribution in [-0.4, -0.2) is 48.4 Å². The molecule has 0 aliphatic rings. The number of rotatable bonds is 9. The van der Waals surface area contributed by atoms with Gasteiger partial charge in [0.2, 0.25) is 0 Å². The van der Waals surface area contributed by atoms with Gasteiger partial charge in [-0.3, -0.25) is 19.7 Å². The minimum Gasteiger partial charge on any atom is -0.350 e. The Morgan fingerprint density at radius 1 is 1.00 bits per heavy atom. The zero-order valence-electron chi connectivity index (χ0n) is 16.4. The highest BCUT2D eigenvalue weighted by Gasteiger charge is 2.21. The van der Waals surface area contributed by atoms with Crippen LogP contribution in [0.5, 0.6) is 0 Å². The maximum Gasteiger partial charge on any atom is 0.315 e. The molecule has 0 radical (unpaired) electrons. The first-order valence-electron chi connectivity index (χ1n) is 9.17. The van der Waals surface area contributed by atoms with Crippen molar-refractivity contribution in [3.8, 4) is 0 Å². The van der Waals surface area contributed by atoms with Crippen LogP contribution in [0.1, 0.15) is 26.9 Å². The van der Waals surface area contributed by atoms with E-state index in [0.29, 0.717) is 0 Å². The molecule has 0 saturated heterocycles. The molecule has 0 bridgehead atoms. The van der Waals surface area contributed by atoms with E-state index < -0.39 is 38.2 Å². The Balaban J connectivity index is 1.49. The fourth-order valence-corrected chi connectivity index (χ4v) is 3.77. The van der Waals surface area contributed by atoms with Crippen LogP contribution in [0.15, 0.2) is 64.0 Å². The quantitative estimate of drug-likeness (QED) is 0.270. The number of aromatic nitrogens is 2. The highest BCUT2D eigenvalue weighted by Crippen LogP contribution is 2.15. The molecular formula is C19H17N5O7S. The zero-order chi connectivity index (χ0) is 23.1. The number of amides is 2. The van der Waals surface area contributed by atoms with E-state index in [1.54, 1.807) is 18.2 Å². The van der Waals surface area contributed by atoms with Gasteiger partial charge < -0.3 is 15.2 Å². The normalized spacial score (nSPS) is 11.0. The average molecular weight is 459 g/mol. The molecule has 2 amide bonds. The van der Waals surface area contributed by atoms with Crippen LogP contribution >= 0.6 is 0 Å². The van der Waals surface area contributed by atoms with Gasteiger partial charge in [-0.25, -0.2) is 8.42 Å². The number of carbonyl (C=O) groups is 2. The zero-order valence-corrected chi connectivity index (χ0v) is 17.2. The topological polar surface area (TPSA) is 174 Å². The SMILES string of the molecule is O=C(NCCNC(=O)c1nc(CS(=O)(=O)c2ccccc2)no1)c1cccc([N+](=O)[O-])c1. The lowest BCUT2D eigenvalue weighted by Gasteiger charge is -2.05. The number of nitro groups is 1. The summed E-state index contributed by atoms with van der Waals surface area (Å²) in [5, 5.41) is 19.2. The third kappa shape index (κ3) is 5.72. The monoisotopic (exact) mass is 459 g/mol. The maximum atomic E-state index is 12.3. The number of carbonyl (C=O) groups excluding carboxylic acids is 2. The predicted molar refractivity (Wildman–Crippen MR) is 109 cm³/mol. The molecule has 0 unspecified atom stereocenters. The summed E-state index contributed by atoms with van der Waals surface area (Å²) in [6.07, 6.45) is 0. The summed E-state index contributed by atoms with van der Waals surface area (Å²) in [7, 11) is -3.70. The molecule has 3 rings (SSSR count). The fourth-order valence-electron chi connectivity index (χ4n) is 2.58. The van der Waals surface area contributed by atoms with E-state index >= 15 is 0 Å². The summed E-state index contributed by atoms with van der Waals surface area (Å²) in [4.78, 5) is 38.2. The number of nitro benzene ring substituents is 1. The standard InChI is InChI=1S/C19H17N5O7S/c25-17(13-5-4-6-14(11-13)24(27)28)20-9-10-21-18(26)19-22-16(23-31-19)12-32(29,30)15-7-2-1-3-8-15/h1-8,11H,9-10,12H2,(H,20,25)(H,21,26). The largest absolute Gasteiger partial charge is 0.350 e. The van der Waals surface area contributed by atoms with E-state index in [1.165, 1.54) is 30.3 Å². The van der Waals surface area contributed by atoms with Gasteiger partial charge in [0, 0.05) is 30.8 Å². The predicted octanol–water partition coefficient (Wildman–Crippen LogP) is 1.11. The minimum absolute atomic E-state index is 0.000469. The van der Waals surface area contributed by atoms with Crippen LogP contribution in [0.3, 0.4) is 0 Å². The Morgan fingerprint density at radius 3 is 2.38 bits per heavy atom. The Morgan fingerprint density at radius 2 is 1.69 bits per heavy atom. The van der Waals surface area contributed by atoms with Crippen molar-refractivity contribution < 1.29 is 27.5 Å². The first-order valence-corrected chi connectivity index (χ1v) is 10.8. The molecule has 0 saturated carbocycles. The van der Waals surface area contributed by atoms with Crippen molar-refractivity contribution in [3.63, 3.8) is 0 Å². The number of hydrogen-bond donors (Lipinski definition) is 2. The van der Waals surface area contributed by atoms with Crippen molar-refractivity contribution in [2.75, 3.05) is 13.1 Å². The van der Waals surface area contributed by atoms with Gasteiger partial charge in [-0.05, 0) is 18.2 Å². The summed E-state index contributed by atoms with van der Waals surface area (Å²) in [5.74, 6) is -2.42. The van der Waals surface area contributed by atoms with Gasteiger partial charge in [-0.2, -0.15) is 4.98 Å². The molecule has 32 heavy (non-hydrogen) atoms. The maximum absolute atomic E-state index is 12.3. The van der Waals surface area contributed by atoms with Gasteiger partial charge >= 0.3 is 11.8 Å². The lowest BCUT2D eigenvalue weighted by atomic mass is 10.2. The Hall–Kier alpha value is -4.13. The van der Waals surface area contributed by atoms with Crippen molar-refractivity contribution in [2.45, 2.75) is 10.6 Å². The summed E-state index contributed by atoms with van der Waals surface area (Å²) >= 11 is 0. The first-order chi connectivity index (χ1) is 15.3. The van der Waals surface area contributed by atoms with Gasteiger partial charge in [0.05, 0.1) is 9.82 Å². The van der Waals surface area contributed by atoms with E-state index in [-0.39, 0.29) is 35.1 Å². The third-order valence-electron chi connectivity index (χ3n) is 4.10. The van der Waals surface area contributed by atoms with Crippen LogP contribution in [0.25, 0.3) is 0 Å². The van der Waals surface area contributed by atoms with Gasteiger partial charge in [0.25, 0.3) is 11.6 Å². The lowest BCUT2D eigenvalue weighted by molar-refractivity contribution is -0.384. The Kier molecular flexibility index (Phi) is 6.90. The van der Waals surface area contributed by atoms with Crippen molar-refractivity contribution in [3.05, 3.63) is 82.0 Å². The molecule has 2 aromatic carbocycles. The van der Waals surface area contributed by atoms with Crippen LogP contribution < -0.4 is 10.6 Å². The van der Waals surface area contributed by atoms with E-state index in [1.807, 2.05) is 0 Å². The van der Waals surface area contributed by atoms with Crippen LogP contribution in [-0.2, 0) is 15.6 Å². The van der Waals surface area contributed by atoms with Gasteiger partial charge in [0.15, 0.2) is 15.7 Å². The average Bonchev–Trinajstić information content (AvgIpc) is 3.25. The summed E-state index contributed by atoms with van der Waals surface area (Å²) < 4.78 is 29.5. The molecule has 1 aromatic heterocycles. The smallest absolute Gasteiger partial charge is 0.315 e. The molecule has 3 aromatic rings. The van der Waals surface area contributed by atoms with Crippen molar-refractivity contribution in [2.24, 2.45) is 0 Å². The fraction of sp³-hybridized carbons (Fsp3) is 0.158. The van der Waals surface area contributed by atoms with Crippen LogP contribution in [0, 0.1) is 10.1 Å². The Labute approximate surface area is 181 Å². The molecule has 166 valence electrons. The summed E-state index contributed by atoms with van der Waals surface area (Å²) in [5.41, 5.74) is -0.112. The molecule has 1 heterocycles. The number of benzene rings is 2. The molecular weight excluding hydrogens is 442 g/mol. The number of nitrogens with one attached hydrogen (secondary N) is 2. The third-order valence-corrected chi connectivity index (χ3v) is 5.73. The molecule has 0 spiro atoms. The highest BCUT2D eigenvalue weighted by molar-refractivity contribution is 7.90. The van der Waals surface area contributed by atoms with Crippen molar-refractivity contribution >= 4 is 27.3 Å². The summed E-state index contributed by atoms with van der Waals surface area (Å²) in [6, 6.07) is 12.9. The summed E-state index contributed by atoms with van der Waals surface area (Å²) in [6.45, 7) is 0.0240. The molecule has 0 aliphatic carbocycles. The molecule has 12 nitrogen and oxygen atoms in total. The molecule has 0 atom stereocenters. The van der Waals surface area contributed by atoms with E-state index in [4.69, 9.17) is 4.52 Å². The van der Waals surface area contributed by atoms with E-state index in [0.717, 1.165) is 6.07 Å². The van der Waals surface area contributed by atoms with Gasteiger partial charge in [-0.1, -0.05) is 29.4 Å². The van der Waals surface area contributed by atoms with E-state index in [9.17, 15) is 28.1 Å². The number of sulfone groups is 1. The van der Waals surface area contributed by atoms with Crippen LogP contribution in [0.4, 0.5) is 5.69 Å². The number of nitrogens with zero attached hydrogens (tertiary/aromatic N) is 3. The second-order valence-electron chi connectivity index (χ2n) is 6.41. The van der Waals surface area contributed by atoms with Gasteiger partial charge in [0.1, 0.15) is 5.75 Å². The van der Waals surface area contributed by atoms with Gasteiger partial charge in [-0.15, -0.1) is 0 Å². The Bertz CT molecular complexity index is 1240. The molecule has 2 N–H and O–H groups in total. The van der Waals surface area contributed by atoms with Crippen LogP contribution in [0.2, 0.25) is 0 Å². The highest BCUT2D eigenvalue weighted by atomic mass is 32.2. The van der Waals surface area contributed by atoms with Crippen molar-refractivity contribution in [1.82, 2.24) is 20.8 Å². The second kappa shape index (κ2) is 9.78. The van der Waals surface area contributed by atoms with E-state index in [2.05, 4.69) is 20.8 Å². The van der Waals surface area contributed by atoms with Crippen molar-refractivity contribution in [1.29, 1.82) is 0 Å². The second-order valence-corrected chi connectivity index (χ2v) is 8.40. The molecule has 0 fully saturated rings. The number of non-ortho nitro benzene ring substituents is 1. The lowest BCUT2D eigenvalue weighted by Crippen LogP contribution is -2.34.